The third kappa shape index (κ3) is 38.3. The molecule has 0 aromatic heterocycles. The summed E-state index contributed by atoms with van der Waals surface area (Å²) in [7, 11) is 8.22. The van der Waals surface area contributed by atoms with Gasteiger partial charge in [-0.05, 0) is 0 Å². The molecule has 0 aromatic carbocycles. The van der Waals surface area contributed by atoms with Crippen molar-refractivity contribution < 1.29 is 0 Å². The van der Waals surface area contributed by atoms with Crippen molar-refractivity contribution in [3.05, 3.63) is 0 Å². The van der Waals surface area contributed by atoms with E-state index in [1.54, 1.807) is 0 Å². The van der Waals surface area contributed by atoms with Crippen LogP contribution in [0.3, 0.4) is 0 Å². The minimum Gasteiger partial charge on any atom is -0.109 e. The van der Waals surface area contributed by atoms with Crippen molar-refractivity contribution in [3.63, 3.8) is 0 Å². The molecule has 34 valence electrons. The lowest BCUT2D eigenvalue weighted by Crippen LogP contribution is -1.24. The molecule has 0 spiro atoms. The largest absolute Gasteiger partial charge is 0.109 e. The SMILES string of the molecule is ClCCl.ClCl. The van der Waals surface area contributed by atoms with E-state index in [0.29, 0.717) is 0 Å². The molecule has 0 nitrogen and oxygen atoms in total. The minimum atomic E-state index is 0.194. The molecule has 0 aromatic rings. The van der Waals surface area contributed by atoms with Gasteiger partial charge in [-0.3, -0.25) is 0 Å². The highest BCUT2D eigenvalue weighted by Gasteiger charge is 1.41. The van der Waals surface area contributed by atoms with Crippen molar-refractivity contribution in [3.8, 4) is 0 Å². The van der Waals surface area contributed by atoms with Gasteiger partial charge in [0.25, 0.3) is 0 Å². The van der Waals surface area contributed by atoms with Crippen molar-refractivity contribution in [1.82, 2.24) is 0 Å². The summed E-state index contributed by atoms with van der Waals surface area (Å²) in [6.45, 7) is 0. The van der Waals surface area contributed by atoms with Gasteiger partial charge in [-0.15, -0.1) is 23.2 Å². The lowest BCUT2D eigenvalue weighted by molar-refractivity contribution is 2.20. The number of hydrogen-bond donors (Lipinski definition) is 0. The van der Waals surface area contributed by atoms with E-state index < -0.39 is 0 Å². The Morgan fingerprint density at radius 1 is 1.00 bits per heavy atom. The first-order valence-corrected chi connectivity index (χ1v) is 2.89. The first-order chi connectivity index (χ1) is 2.41. The molecule has 0 heterocycles. The van der Waals surface area contributed by atoms with Gasteiger partial charge < -0.3 is 0 Å². The second-order valence-corrected chi connectivity index (χ2v) is 0.909. The van der Waals surface area contributed by atoms with Crippen LogP contribution in [0.2, 0.25) is 0 Å². The number of rotatable bonds is 0. The molecule has 0 atom stereocenters. The van der Waals surface area contributed by atoms with Gasteiger partial charge >= 0.3 is 0 Å². The zero-order valence-corrected chi connectivity index (χ0v) is 5.24. The van der Waals surface area contributed by atoms with Crippen molar-refractivity contribution in [2.45, 2.75) is 0 Å². The summed E-state index contributed by atoms with van der Waals surface area (Å²) in [6, 6.07) is 0. The first-order valence-electron chi connectivity index (χ1n) is 0.677. The van der Waals surface area contributed by atoms with Gasteiger partial charge in [0.05, 0.1) is 5.34 Å². The fourth-order valence-electron chi connectivity index (χ4n) is 0. The van der Waals surface area contributed by atoms with E-state index in [1.165, 1.54) is 0 Å². The van der Waals surface area contributed by atoms with E-state index in [0.717, 1.165) is 0 Å². The molecule has 0 bridgehead atoms. The van der Waals surface area contributed by atoms with Crippen LogP contribution in [0, 0.1) is 0 Å². The monoisotopic (exact) mass is 154 g/mol. The van der Waals surface area contributed by atoms with Gasteiger partial charge in [-0.1, -0.05) is 0 Å². The Labute approximate surface area is 50.5 Å². The van der Waals surface area contributed by atoms with Gasteiger partial charge in [-0.2, -0.15) is 0 Å². The summed E-state index contributed by atoms with van der Waals surface area (Å²) in [6.07, 6.45) is 0. The van der Waals surface area contributed by atoms with Gasteiger partial charge in [0.1, 0.15) is 0 Å². The molecule has 0 aliphatic rings. The summed E-state index contributed by atoms with van der Waals surface area (Å²) in [5, 5.41) is 0.194. The lowest BCUT2D eigenvalue weighted by Gasteiger charge is -1.42. The molecule has 0 aliphatic carbocycles. The first kappa shape index (κ1) is 9.48. The van der Waals surface area contributed by atoms with Crippen LogP contribution in [-0.2, 0) is 0 Å². The molecule has 5 heavy (non-hydrogen) atoms. The van der Waals surface area contributed by atoms with Crippen LogP contribution in [-0.4, -0.2) is 5.34 Å². The zero-order chi connectivity index (χ0) is 4.71. The van der Waals surface area contributed by atoms with E-state index in [2.05, 4.69) is 21.7 Å². The maximum absolute atomic E-state index is 4.76. The summed E-state index contributed by atoms with van der Waals surface area (Å²) < 4.78 is 0. The van der Waals surface area contributed by atoms with Gasteiger partial charge in [-0.25, -0.2) is 0 Å². The molecule has 4 heteroatoms. The van der Waals surface area contributed by atoms with Crippen LogP contribution in [0.5, 0.6) is 0 Å². The highest BCUT2D eigenvalue weighted by molar-refractivity contribution is 6.85. The molecule has 0 saturated carbocycles. The molecule has 0 radical (unpaired) electrons. The Morgan fingerprint density at radius 2 is 1.00 bits per heavy atom. The van der Waals surface area contributed by atoms with Crippen LogP contribution < -0.4 is 0 Å². The van der Waals surface area contributed by atoms with Crippen molar-refractivity contribution in [2.75, 3.05) is 5.34 Å². The van der Waals surface area contributed by atoms with Gasteiger partial charge in [0.2, 0.25) is 0 Å². The van der Waals surface area contributed by atoms with Crippen LogP contribution >= 0.6 is 44.9 Å². The topological polar surface area (TPSA) is 0 Å². The molecule has 0 fully saturated rings. The van der Waals surface area contributed by atoms with Crippen LogP contribution in [0.25, 0.3) is 0 Å². The fourth-order valence-corrected chi connectivity index (χ4v) is 0. The predicted molar refractivity (Wildman–Crippen MR) is 28.3 cm³/mol. The van der Waals surface area contributed by atoms with Crippen LogP contribution in [0.1, 0.15) is 0 Å². The Kier molecular flexibility index (Phi) is 36.3. The minimum absolute atomic E-state index is 0.194. The smallest absolute Gasteiger partial charge is 0.0967 e. The standard InChI is InChI=1S/CH2Cl2.Cl2/c2-1-3;1-2/h1H2;. The van der Waals surface area contributed by atoms with E-state index >= 15 is 0 Å². The maximum Gasteiger partial charge on any atom is 0.0967 e. The zero-order valence-electron chi connectivity index (χ0n) is 2.22. The molecule has 0 rings (SSSR count). The van der Waals surface area contributed by atoms with Crippen LogP contribution in [0.4, 0.5) is 0 Å². The molecule has 0 saturated heterocycles. The molecule has 0 amide bonds. The highest BCUT2D eigenvalue weighted by Crippen LogP contribution is 1.73. The molecule has 0 N–H and O–H groups in total. The van der Waals surface area contributed by atoms with Crippen molar-refractivity contribution >= 4 is 44.9 Å². The third-order valence-electron chi connectivity index (χ3n) is 0. The Balaban J connectivity index is 0. The Bertz CT molecular complexity index is 3.61. The molecule has 0 unspecified atom stereocenters. The summed E-state index contributed by atoms with van der Waals surface area (Å²) in [4.78, 5) is 0. The third-order valence-corrected chi connectivity index (χ3v) is 0. The van der Waals surface area contributed by atoms with Crippen molar-refractivity contribution in [2.24, 2.45) is 0 Å². The lowest BCUT2D eigenvalue weighted by atomic mass is 11.9. The Morgan fingerprint density at radius 3 is 1.00 bits per heavy atom. The number of halogens is 4. The van der Waals surface area contributed by atoms with Crippen LogP contribution in [0.15, 0.2) is 0 Å². The summed E-state index contributed by atoms with van der Waals surface area (Å²) >= 11 is 9.53. The second kappa shape index (κ2) is 19.1. The average Bonchev–Trinajstić information content (AvgIpc) is 1.46. The predicted octanol–water partition coefficient (Wildman–Crippen LogP) is 2.80. The number of hydrogen-bond acceptors (Lipinski definition) is 0. The quantitative estimate of drug-likeness (QED) is 0.473. The summed E-state index contributed by atoms with van der Waals surface area (Å²) in [5.74, 6) is 0. The van der Waals surface area contributed by atoms with E-state index in [1.807, 2.05) is 0 Å². The van der Waals surface area contributed by atoms with E-state index in [9.17, 15) is 0 Å². The summed E-state index contributed by atoms with van der Waals surface area (Å²) in [5.41, 5.74) is 0. The van der Waals surface area contributed by atoms with Gasteiger partial charge in [0.15, 0.2) is 0 Å². The molecule has 0 aliphatic heterocycles. The number of alkyl halides is 2. The van der Waals surface area contributed by atoms with E-state index in [-0.39, 0.29) is 5.34 Å². The average molecular weight is 156 g/mol. The molecular formula is CH2Cl4. The van der Waals surface area contributed by atoms with E-state index in [4.69, 9.17) is 23.2 Å². The normalized spacial score (nSPS) is 4.80. The highest BCUT2D eigenvalue weighted by atomic mass is 36.5. The Hall–Kier alpha value is 1.16. The molecular weight excluding hydrogens is 154 g/mol. The maximum atomic E-state index is 4.76. The second-order valence-electron chi connectivity index (χ2n) is 0.101. The fraction of sp³-hybridized carbons (Fsp3) is 1.00. The van der Waals surface area contributed by atoms with Crippen molar-refractivity contribution in [1.29, 1.82) is 0 Å². The van der Waals surface area contributed by atoms with Gasteiger partial charge in [0, 0.05) is 21.7 Å².